The van der Waals surface area contributed by atoms with Crippen molar-refractivity contribution in [2.24, 2.45) is 23.7 Å². The lowest BCUT2D eigenvalue weighted by Crippen LogP contribution is -2.42. The van der Waals surface area contributed by atoms with Crippen LogP contribution in [0.3, 0.4) is 0 Å². The molecule has 3 rings (SSSR count). The van der Waals surface area contributed by atoms with E-state index in [1.807, 2.05) is 6.08 Å². The molecule has 0 aromatic rings. The second-order valence-corrected chi connectivity index (χ2v) is 7.43. The minimum absolute atomic E-state index is 0.0261. The van der Waals surface area contributed by atoms with Crippen LogP contribution in [0.1, 0.15) is 46.0 Å². The number of amides is 2. The number of carbonyl (C=O) groups excluding carboxylic acids is 2. The maximum Gasteiger partial charge on any atom is 0.251 e. The first-order chi connectivity index (χ1) is 10.0. The van der Waals surface area contributed by atoms with E-state index in [-0.39, 0.29) is 29.6 Å². The van der Waals surface area contributed by atoms with Crippen LogP contribution in [0.4, 0.5) is 0 Å². The zero-order valence-corrected chi connectivity index (χ0v) is 13.6. The molecule has 0 aromatic heterocycles. The van der Waals surface area contributed by atoms with Crippen LogP contribution in [-0.2, 0) is 9.59 Å². The first-order valence-electron chi connectivity index (χ1n) is 8.27. The lowest BCUT2D eigenvalue weighted by Gasteiger charge is -2.26. The summed E-state index contributed by atoms with van der Waals surface area (Å²) in [7, 11) is 0. The van der Waals surface area contributed by atoms with Crippen LogP contribution in [0.2, 0.25) is 0 Å². The number of hydrogen-bond acceptors (Lipinski definition) is 2. The molecule has 1 saturated carbocycles. The Hall–Kier alpha value is -0.830. The fourth-order valence-electron chi connectivity index (χ4n) is 4.31. The van der Waals surface area contributed by atoms with Gasteiger partial charge < -0.3 is 0 Å². The van der Waals surface area contributed by atoms with E-state index in [2.05, 4.69) is 19.9 Å². The Labute approximate surface area is 131 Å². The van der Waals surface area contributed by atoms with Gasteiger partial charge in [0, 0.05) is 12.5 Å². The summed E-state index contributed by atoms with van der Waals surface area (Å²) in [5.74, 6) is 0.150. The molecule has 1 aliphatic heterocycles. The van der Waals surface area contributed by atoms with Crippen molar-refractivity contribution in [3.8, 4) is 0 Å². The van der Waals surface area contributed by atoms with E-state index in [0.717, 1.165) is 32.1 Å². The number of carbonyl (C=O) groups is 2. The van der Waals surface area contributed by atoms with Crippen LogP contribution in [0.15, 0.2) is 12.2 Å². The van der Waals surface area contributed by atoms with E-state index in [1.165, 1.54) is 4.90 Å². The molecule has 4 heteroatoms. The van der Waals surface area contributed by atoms with Crippen molar-refractivity contribution in [3.63, 3.8) is 0 Å². The maximum absolute atomic E-state index is 12.8. The highest BCUT2D eigenvalue weighted by molar-refractivity contribution is 6.41. The first-order valence-corrected chi connectivity index (χ1v) is 8.64. The zero-order chi connectivity index (χ0) is 15.2. The lowest BCUT2D eigenvalue weighted by atomic mass is 9.84. The number of hydrogen-bond donors (Lipinski definition) is 0. The predicted octanol–water partition coefficient (Wildman–Crippen LogP) is 3.37. The second-order valence-electron chi connectivity index (χ2n) is 6.81. The Morgan fingerprint density at radius 2 is 2.14 bits per heavy atom. The van der Waals surface area contributed by atoms with Crippen molar-refractivity contribution >= 4 is 23.4 Å². The minimum atomic E-state index is -0.973. The highest BCUT2D eigenvalue weighted by Gasteiger charge is 2.69. The van der Waals surface area contributed by atoms with Crippen molar-refractivity contribution in [1.82, 2.24) is 4.90 Å². The number of alkyl halides is 1. The lowest BCUT2D eigenvalue weighted by molar-refractivity contribution is -0.141. The van der Waals surface area contributed by atoms with Crippen LogP contribution in [0, 0.1) is 23.7 Å². The topological polar surface area (TPSA) is 37.4 Å². The van der Waals surface area contributed by atoms with E-state index in [0.29, 0.717) is 12.5 Å². The highest BCUT2D eigenvalue weighted by atomic mass is 35.5. The molecule has 2 bridgehead atoms. The standard InChI is InChI=1S/C17H24ClNO2/c1-3-5-6-11(4-2)10-19-15(20)14-12-7-8-13(9-12)17(14,18)16(19)21/h7-8,11-14H,3-6,9-10H2,1-2H3/t11-,12+,13+,14+,17-/m1/s1. The van der Waals surface area contributed by atoms with Crippen molar-refractivity contribution in [2.45, 2.75) is 50.8 Å². The van der Waals surface area contributed by atoms with Crippen molar-refractivity contribution in [2.75, 3.05) is 6.54 Å². The number of imide groups is 1. The molecule has 0 spiro atoms. The van der Waals surface area contributed by atoms with Gasteiger partial charge in [-0.25, -0.2) is 0 Å². The van der Waals surface area contributed by atoms with Crippen LogP contribution < -0.4 is 0 Å². The fourth-order valence-corrected chi connectivity index (χ4v) is 4.82. The molecule has 0 radical (unpaired) electrons. The van der Waals surface area contributed by atoms with Gasteiger partial charge in [0.15, 0.2) is 0 Å². The van der Waals surface area contributed by atoms with Gasteiger partial charge in [0.25, 0.3) is 5.91 Å². The first kappa shape index (κ1) is 15.1. The summed E-state index contributed by atoms with van der Waals surface area (Å²) in [6.07, 6.45) is 9.37. The Kier molecular flexibility index (Phi) is 3.89. The van der Waals surface area contributed by atoms with Crippen LogP contribution >= 0.6 is 11.6 Å². The molecule has 21 heavy (non-hydrogen) atoms. The van der Waals surface area contributed by atoms with Crippen molar-refractivity contribution in [3.05, 3.63) is 12.2 Å². The van der Waals surface area contributed by atoms with Gasteiger partial charge >= 0.3 is 0 Å². The van der Waals surface area contributed by atoms with Gasteiger partial charge in [-0.1, -0.05) is 45.3 Å². The maximum atomic E-state index is 12.8. The third-order valence-electron chi connectivity index (χ3n) is 5.63. The zero-order valence-electron chi connectivity index (χ0n) is 12.8. The third kappa shape index (κ3) is 2.08. The van der Waals surface area contributed by atoms with E-state index < -0.39 is 4.87 Å². The molecule has 1 heterocycles. The Morgan fingerprint density at radius 3 is 2.76 bits per heavy atom. The van der Waals surface area contributed by atoms with E-state index in [4.69, 9.17) is 11.6 Å². The molecule has 2 aliphatic carbocycles. The molecular formula is C17H24ClNO2. The normalized spacial score (nSPS) is 38.4. The Bertz CT molecular complexity index is 489. The van der Waals surface area contributed by atoms with Crippen LogP contribution in [0.5, 0.6) is 0 Å². The smallest absolute Gasteiger partial charge is 0.251 e. The molecular weight excluding hydrogens is 286 g/mol. The summed E-state index contributed by atoms with van der Waals surface area (Å²) in [4.78, 5) is 26.0. The van der Waals surface area contributed by atoms with E-state index >= 15 is 0 Å². The second kappa shape index (κ2) is 5.42. The van der Waals surface area contributed by atoms with E-state index in [1.54, 1.807) is 0 Å². The summed E-state index contributed by atoms with van der Waals surface area (Å²) in [5.41, 5.74) is 0. The number of allylic oxidation sites excluding steroid dienone is 2. The van der Waals surface area contributed by atoms with Crippen LogP contribution in [-0.4, -0.2) is 28.1 Å². The van der Waals surface area contributed by atoms with Crippen molar-refractivity contribution < 1.29 is 9.59 Å². The number of halogens is 1. The number of rotatable bonds is 6. The van der Waals surface area contributed by atoms with Gasteiger partial charge in [-0.2, -0.15) is 0 Å². The number of fused-ring (bicyclic) bond motifs is 5. The highest BCUT2D eigenvalue weighted by Crippen LogP contribution is 2.58. The van der Waals surface area contributed by atoms with Gasteiger partial charge in [0.05, 0.1) is 5.92 Å². The molecule has 116 valence electrons. The fraction of sp³-hybridized carbons (Fsp3) is 0.765. The average Bonchev–Trinajstić information content (AvgIpc) is 3.10. The van der Waals surface area contributed by atoms with Gasteiger partial charge in [0.2, 0.25) is 5.91 Å². The molecule has 3 aliphatic rings. The van der Waals surface area contributed by atoms with Crippen molar-refractivity contribution in [1.29, 1.82) is 0 Å². The summed E-state index contributed by atoms with van der Waals surface area (Å²) in [6, 6.07) is 0. The monoisotopic (exact) mass is 309 g/mol. The van der Waals surface area contributed by atoms with Gasteiger partial charge in [0.1, 0.15) is 4.87 Å². The van der Waals surface area contributed by atoms with Crippen LogP contribution in [0.25, 0.3) is 0 Å². The number of likely N-dealkylation sites (tertiary alicyclic amines) is 1. The molecule has 2 amide bonds. The molecule has 2 fully saturated rings. The quantitative estimate of drug-likeness (QED) is 0.428. The summed E-state index contributed by atoms with van der Waals surface area (Å²) in [6.45, 7) is 4.85. The molecule has 5 atom stereocenters. The minimum Gasteiger partial charge on any atom is -0.280 e. The molecule has 0 N–H and O–H groups in total. The SMILES string of the molecule is CCCC[C@@H](CC)CN1C(=O)[C@@H]2[C@H]3C=C[C@@H](C3)[C@]2(Cl)C1=O. The Morgan fingerprint density at radius 1 is 1.38 bits per heavy atom. The summed E-state index contributed by atoms with van der Waals surface area (Å²) in [5, 5.41) is 0. The molecule has 0 aromatic carbocycles. The molecule has 1 saturated heterocycles. The average molecular weight is 310 g/mol. The summed E-state index contributed by atoms with van der Waals surface area (Å²) >= 11 is 6.67. The Balaban J connectivity index is 1.77. The predicted molar refractivity (Wildman–Crippen MR) is 82.8 cm³/mol. The largest absolute Gasteiger partial charge is 0.280 e. The summed E-state index contributed by atoms with van der Waals surface area (Å²) < 4.78 is 0. The number of nitrogens with zero attached hydrogens (tertiary/aromatic N) is 1. The van der Waals surface area contributed by atoms with Gasteiger partial charge in [-0.05, 0) is 24.7 Å². The van der Waals surface area contributed by atoms with Gasteiger partial charge in [-0.15, -0.1) is 11.6 Å². The number of unbranched alkanes of at least 4 members (excludes halogenated alkanes) is 1. The third-order valence-corrected chi connectivity index (χ3v) is 6.30. The molecule has 3 nitrogen and oxygen atoms in total. The molecule has 0 unspecified atom stereocenters. The van der Waals surface area contributed by atoms with Gasteiger partial charge in [-0.3, -0.25) is 14.5 Å². The van der Waals surface area contributed by atoms with E-state index in [9.17, 15) is 9.59 Å².